The Hall–Kier alpha value is -3.00. The van der Waals surface area contributed by atoms with Gasteiger partial charge in [-0.15, -0.1) is 0 Å². The van der Waals surface area contributed by atoms with Crippen molar-refractivity contribution in [1.82, 2.24) is 5.32 Å². The standard InChI is InChI=1S/C21H23NO6S/c1-14-6-4-5-7-16(14)18-12-15(13-23)8-9-17(18)20(24)22-19(21(25)28-2)10-11-29(3,26)27/h4-9,12-13,19H,10-11H2,1-3H3,(H,22,24). The Morgan fingerprint density at radius 3 is 2.41 bits per heavy atom. The molecule has 0 bridgehead atoms. The number of carbonyl (C=O) groups is 3. The minimum absolute atomic E-state index is 0.108. The molecule has 0 radical (unpaired) electrons. The monoisotopic (exact) mass is 417 g/mol. The third-order valence-corrected chi connectivity index (χ3v) is 5.41. The van der Waals surface area contributed by atoms with Crippen molar-refractivity contribution in [2.75, 3.05) is 19.1 Å². The van der Waals surface area contributed by atoms with Gasteiger partial charge in [-0.05, 0) is 42.2 Å². The van der Waals surface area contributed by atoms with Crippen molar-refractivity contribution in [3.63, 3.8) is 0 Å². The van der Waals surface area contributed by atoms with Gasteiger partial charge in [0.05, 0.1) is 12.9 Å². The van der Waals surface area contributed by atoms with Crippen LogP contribution in [0.1, 0.15) is 32.7 Å². The average Bonchev–Trinajstić information content (AvgIpc) is 2.69. The molecule has 0 heterocycles. The van der Waals surface area contributed by atoms with E-state index in [-0.39, 0.29) is 17.7 Å². The van der Waals surface area contributed by atoms with Crippen LogP contribution in [0, 0.1) is 6.92 Å². The summed E-state index contributed by atoms with van der Waals surface area (Å²) in [6.45, 7) is 1.88. The summed E-state index contributed by atoms with van der Waals surface area (Å²) < 4.78 is 27.6. The molecule has 2 aromatic rings. The summed E-state index contributed by atoms with van der Waals surface area (Å²) in [7, 11) is -2.16. The summed E-state index contributed by atoms with van der Waals surface area (Å²) in [5, 5.41) is 2.56. The summed E-state index contributed by atoms with van der Waals surface area (Å²) >= 11 is 0. The maximum absolute atomic E-state index is 12.9. The summed E-state index contributed by atoms with van der Waals surface area (Å²) in [5.74, 6) is -1.57. The fourth-order valence-corrected chi connectivity index (χ4v) is 3.55. The van der Waals surface area contributed by atoms with Crippen molar-refractivity contribution in [3.8, 4) is 11.1 Å². The lowest BCUT2D eigenvalue weighted by atomic mass is 9.94. The largest absolute Gasteiger partial charge is 0.467 e. The van der Waals surface area contributed by atoms with Crippen LogP contribution in [0.4, 0.5) is 0 Å². The maximum atomic E-state index is 12.9. The molecule has 2 aromatic carbocycles. The van der Waals surface area contributed by atoms with Gasteiger partial charge in [0.2, 0.25) is 0 Å². The van der Waals surface area contributed by atoms with Crippen LogP contribution in [0.5, 0.6) is 0 Å². The predicted octanol–water partition coefficient (Wildman–Crippen LogP) is 2.18. The van der Waals surface area contributed by atoms with E-state index >= 15 is 0 Å². The molecule has 0 aromatic heterocycles. The number of methoxy groups -OCH3 is 1. The van der Waals surface area contributed by atoms with Crippen LogP contribution in [0.25, 0.3) is 11.1 Å². The Morgan fingerprint density at radius 1 is 1.14 bits per heavy atom. The molecule has 29 heavy (non-hydrogen) atoms. The summed E-state index contributed by atoms with van der Waals surface area (Å²) in [6, 6.07) is 10.9. The Morgan fingerprint density at radius 2 is 1.83 bits per heavy atom. The van der Waals surface area contributed by atoms with Crippen LogP contribution >= 0.6 is 0 Å². The highest BCUT2D eigenvalue weighted by atomic mass is 32.2. The van der Waals surface area contributed by atoms with E-state index < -0.39 is 27.8 Å². The van der Waals surface area contributed by atoms with E-state index in [0.29, 0.717) is 17.4 Å². The van der Waals surface area contributed by atoms with Gasteiger partial charge in [0.15, 0.2) is 0 Å². The van der Waals surface area contributed by atoms with Crippen LogP contribution in [-0.2, 0) is 19.4 Å². The molecule has 0 saturated carbocycles. The number of benzene rings is 2. The Balaban J connectivity index is 2.41. The molecule has 1 atom stereocenters. The van der Waals surface area contributed by atoms with Gasteiger partial charge in [-0.25, -0.2) is 13.2 Å². The Bertz CT molecular complexity index is 1030. The number of hydrogen-bond donors (Lipinski definition) is 1. The van der Waals surface area contributed by atoms with Crippen molar-refractivity contribution in [1.29, 1.82) is 0 Å². The Labute approximate surface area is 170 Å². The van der Waals surface area contributed by atoms with E-state index in [4.69, 9.17) is 4.74 Å². The zero-order valence-electron chi connectivity index (χ0n) is 16.5. The highest BCUT2D eigenvalue weighted by molar-refractivity contribution is 7.90. The van der Waals surface area contributed by atoms with E-state index in [0.717, 1.165) is 17.4 Å². The van der Waals surface area contributed by atoms with Crippen molar-refractivity contribution >= 4 is 28.0 Å². The lowest BCUT2D eigenvalue weighted by Crippen LogP contribution is -2.42. The number of hydrogen-bond acceptors (Lipinski definition) is 6. The number of sulfone groups is 1. The predicted molar refractivity (Wildman–Crippen MR) is 110 cm³/mol. The Kier molecular flexibility index (Phi) is 7.28. The van der Waals surface area contributed by atoms with Gasteiger partial charge >= 0.3 is 5.97 Å². The van der Waals surface area contributed by atoms with Gasteiger partial charge in [-0.1, -0.05) is 30.3 Å². The number of carbonyl (C=O) groups excluding carboxylic acids is 3. The van der Waals surface area contributed by atoms with Crippen molar-refractivity contribution in [2.45, 2.75) is 19.4 Å². The normalized spacial score (nSPS) is 12.1. The topological polar surface area (TPSA) is 107 Å². The fraction of sp³-hybridized carbons (Fsp3) is 0.286. The number of nitrogens with one attached hydrogen (secondary N) is 1. The first-order chi connectivity index (χ1) is 13.7. The van der Waals surface area contributed by atoms with Gasteiger partial charge in [0.25, 0.3) is 5.91 Å². The average molecular weight is 417 g/mol. The SMILES string of the molecule is COC(=O)C(CCS(C)(=O)=O)NC(=O)c1ccc(C=O)cc1-c1ccccc1C. The third kappa shape index (κ3) is 5.99. The van der Waals surface area contributed by atoms with Crippen LogP contribution in [-0.4, -0.2) is 51.7 Å². The van der Waals surface area contributed by atoms with Crippen LogP contribution in [0.15, 0.2) is 42.5 Å². The lowest BCUT2D eigenvalue weighted by molar-refractivity contribution is -0.142. The molecule has 7 nitrogen and oxygen atoms in total. The molecule has 2 rings (SSSR count). The number of amides is 1. The minimum atomic E-state index is -3.33. The number of aryl methyl sites for hydroxylation is 1. The molecule has 1 N–H and O–H groups in total. The molecule has 8 heteroatoms. The van der Waals surface area contributed by atoms with E-state index in [1.54, 1.807) is 6.07 Å². The van der Waals surface area contributed by atoms with Gasteiger partial charge in [0.1, 0.15) is 22.2 Å². The second kappa shape index (κ2) is 9.47. The summed E-state index contributed by atoms with van der Waals surface area (Å²) in [4.78, 5) is 36.2. The highest BCUT2D eigenvalue weighted by Gasteiger charge is 2.25. The van der Waals surface area contributed by atoms with Gasteiger partial charge in [-0.2, -0.15) is 0 Å². The van der Waals surface area contributed by atoms with Crippen LogP contribution < -0.4 is 5.32 Å². The second-order valence-corrected chi connectivity index (χ2v) is 8.97. The first-order valence-corrected chi connectivity index (χ1v) is 10.9. The molecule has 0 saturated heterocycles. The van der Waals surface area contributed by atoms with E-state index in [9.17, 15) is 22.8 Å². The van der Waals surface area contributed by atoms with E-state index in [1.807, 2.05) is 31.2 Å². The zero-order valence-corrected chi connectivity index (χ0v) is 17.3. The van der Waals surface area contributed by atoms with Crippen LogP contribution in [0.3, 0.4) is 0 Å². The molecule has 0 fully saturated rings. The molecule has 0 aliphatic rings. The number of ether oxygens (including phenoxy) is 1. The summed E-state index contributed by atoms with van der Waals surface area (Å²) in [6.07, 6.45) is 1.63. The van der Waals surface area contributed by atoms with Crippen molar-refractivity contribution in [3.05, 3.63) is 59.2 Å². The number of aldehydes is 1. The van der Waals surface area contributed by atoms with E-state index in [1.165, 1.54) is 19.2 Å². The molecular weight excluding hydrogens is 394 g/mol. The fourth-order valence-electron chi connectivity index (χ4n) is 2.89. The smallest absolute Gasteiger partial charge is 0.328 e. The second-order valence-electron chi connectivity index (χ2n) is 6.71. The van der Waals surface area contributed by atoms with Gasteiger partial charge in [0, 0.05) is 17.4 Å². The third-order valence-electron chi connectivity index (χ3n) is 4.43. The highest BCUT2D eigenvalue weighted by Crippen LogP contribution is 2.28. The van der Waals surface area contributed by atoms with Gasteiger partial charge < -0.3 is 10.1 Å². The molecule has 0 aliphatic carbocycles. The minimum Gasteiger partial charge on any atom is -0.467 e. The number of rotatable bonds is 8. The van der Waals surface area contributed by atoms with Gasteiger partial charge in [-0.3, -0.25) is 9.59 Å². The van der Waals surface area contributed by atoms with E-state index in [2.05, 4.69) is 5.32 Å². The lowest BCUT2D eigenvalue weighted by Gasteiger charge is -2.18. The van der Waals surface area contributed by atoms with Crippen molar-refractivity contribution in [2.24, 2.45) is 0 Å². The quantitative estimate of drug-likeness (QED) is 0.521. The van der Waals surface area contributed by atoms with Crippen LogP contribution in [0.2, 0.25) is 0 Å². The zero-order chi connectivity index (χ0) is 21.6. The molecule has 0 spiro atoms. The number of esters is 1. The molecule has 154 valence electrons. The maximum Gasteiger partial charge on any atom is 0.328 e. The van der Waals surface area contributed by atoms with Crippen molar-refractivity contribution < 1.29 is 27.5 Å². The first kappa shape index (κ1) is 22.3. The molecule has 1 unspecified atom stereocenters. The molecule has 0 aliphatic heterocycles. The molecule has 1 amide bonds. The summed E-state index contributed by atoms with van der Waals surface area (Å²) in [5.41, 5.74) is 2.88. The first-order valence-electron chi connectivity index (χ1n) is 8.88. The molecular formula is C21H23NO6S.